The van der Waals surface area contributed by atoms with Gasteiger partial charge in [0.1, 0.15) is 5.75 Å². The number of primary sulfonamides is 1. The summed E-state index contributed by atoms with van der Waals surface area (Å²) in [5, 5.41) is 5.18. The maximum absolute atomic E-state index is 11.4. The zero-order valence-electron chi connectivity index (χ0n) is 11.3. The molecule has 21 heavy (non-hydrogen) atoms. The molecule has 0 aliphatic rings. The number of rotatable bonds is 6. The predicted octanol–water partition coefficient (Wildman–Crippen LogP) is 2.90. The molecular formula is C15H16BrNO3S. The van der Waals surface area contributed by atoms with Crippen molar-refractivity contribution in [3.8, 4) is 5.75 Å². The lowest BCUT2D eigenvalue weighted by Crippen LogP contribution is -2.25. The molecule has 112 valence electrons. The lowest BCUT2D eigenvalue weighted by molar-refractivity contribution is 0.294. The van der Waals surface area contributed by atoms with Gasteiger partial charge in [-0.1, -0.05) is 42.5 Å². The number of benzene rings is 2. The molecule has 0 amide bonds. The van der Waals surface area contributed by atoms with Gasteiger partial charge in [0.15, 0.2) is 0 Å². The molecule has 0 radical (unpaired) electrons. The fourth-order valence-corrected chi connectivity index (χ4v) is 3.25. The first kappa shape index (κ1) is 16.0. The molecule has 4 nitrogen and oxygen atoms in total. The quantitative estimate of drug-likeness (QED) is 0.850. The topological polar surface area (TPSA) is 69.4 Å². The molecule has 0 aliphatic heterocycles. The van der Waals surface area contributed by atoms with Gasteiger partial charge in [0.05, 0.1) is 16.8 Å². The fourth-order valence-electron chi connectivity index (χ4n) is 2.00. The molecule has 0 bridgehead atoms. The van der Waals surface area contributed by atoms with E-state index in [1.54, 1.807) is 0 Å². The molecule has 1 unspecified atom stereocenters. The van der Waals surface area contributed by atoms with E-state index in [-0.39, 0.29) is 18.3 Å². The largest absolute Gasteiger partial charge is 0.492 e. The van der Waals surface area contributed by atoms with Crippen LogP contribution in [0.5, 0.6) is 5.75 Å². The van der Waals surface area contributed by atoms with Crippen molar-refractivity contribution in [2.24, 2.45) is 5.14 Å². The third-order valence-corrected chi connectivity index (χ3v) is 4.50. The van der Waals surface area contributed by atoms with Gasteiger partial charge in [-0.25, -0.2) is 13.6 Å². The highest BCUT2D eigenvalue weighted by Gasteiger charge is 2.19. The predicted molar refractivity (Wildman–Crippen MR) is 86.8 cm³/mol. The minimum atomic E-state index is -3.58. The molecule has 0 heterocycles. The van der Waals surface area contributed by atoms with Crippen LogP contribution in [-0.4, -0.2) is 20.8 Å². The number of sulfonamides is 1. The number of halogens is 1. The van der Waals surface area contributed by atoms with Crippen molar-refractivity contribution in [2.45, 2.75) is 5.92 Å². The fraction of sp³-hybridized carbons (Fsp3) is 0.200. The van der Waals surface area contributed by atoms with Crippen LogP contribution in [-0.2, 0) is 10.0 Å². The van der Waals surface area contributed by atoms with Crippen molar-refractivity contribution in [3.63, 3.8) is 0 Å². The molecule has 0 fully saturated rings. The highest BCUT2D eigenvalue weighted by atomic mass is 79.9. The van der Waals surface area contributed by atoms with E-state index in [9.17, 15) is 8.42 Å². The first-order valence-electron chi connectivity index (χ1n) is 6.38. The Bertz CT molecular complexity index is 689. The van der Waals surface area contributed by atoms with Crippen LogP contribution >= 0.6 is 15.9 Å². The van der Waals surface area contributed by atoms with Crippen LogP contribution in [0.3, 0.4) is 0 Å². The third kappa shape index (κ3) is 5.15. The van der Waals surface area contributed by atoms with Crippen LogP contribution in [0.25, 0.3) is 0 Å². The molecule has 0 saturated carbocycles. The lowest BCUT2D eigenvalue weighted by atomic mass is 10.0. The highest BCUT2D eigenvalue weighted by Crippen LogP contribution is 2.26. The highest BCUT2D eigenvalue weighted by molar-refractivity contribution is 9.10. The maximum atomic E-state index is 11.4. The van der Waals surface area contributed by atoms with Crippen LogP contribution in [0.4, 0.5) is 0 Å². The molecule has 1 atom stereocenters. The zero-order valence-corrected chi connectivity index (χ0v) is 13.7. The first-order chi connectivity index (χ1) is 9.96. The Balaban J connectivity index is 2.15. The molecule has 2 aromatic carbocycles. The number of hydrogen-bond donors (Lipinski definition) is 1. The van der Waals surface area contributed by atoms with Gasteiger partial charge in [0.2, 0.25) is 10.0 Å². The van der Waals surface area contributed by atoms with Crippen LogP contribution in [0, 0.1) is 0 Å². The van der Waals surface area contributed by atoms with Gasteiger partial charge < -0.3 is 4.74 Å². The van der Waals surface area contributed by atoms with Crippen molar-refractivity contribution in [1.82, 2.24) is 0 Å². The van der Waals surface area contributed by atoms with Gasteiger partial charge in [-0.2, -0.15) is 0 Å². The molecule has 2 N–H and O–H groups in total. The molecule has 2 aromatic rings. The van der Waals surface area contributed by atoms with E-state index in [4.69, 9.17) is 9.88 Å². The van der Waals surface area contributed by atoms with Crippen molar-refractivity contribution in [1.29, 1.82) is 0 Å². The van der Waals surface area contributed by atoms with E-state index in [1.807, 2.05) is 54.6 Å². The van der Waals surface area contributed by atoms with Gasteiger partial charge in [0.25, 0.3) is 0 Å². The van der Waals surface area contributed by atoms with Crippen molar-refractivity contribution >= 4 is 26.0 Å². The van der Waals surface area contributed by atoms with Gasteiger partial charge in [-0.05, 0) is 33.6 Å². The monoisotopic (exact) mass is 369 g/mol. The van der Waals surface area contributed by atoms with Gasteiger partial charge in [0, 0.05) is 5.92 Å². The number of nitrogens with two attached hydrogens (primary N) is 1. The van der Waals surface area contributed by atoms with Gasteiger partial charge >= 0.3 is 0 Å². The Morgan fingerprint density at radius 1 is 1.05 bits per heavy atom. The van der Waals surface area contributed by atoms with E-state index >= 15 is 0 Å². The summed E-state index contributed by atoms with van der Waals surface area (Å²) in [6.45, 7) is 0.239. The SMILES string of the molecule is NS(=O)(=O)CC(COc1ccccc1Br)c1ccccc1. The molecule has 0 aromatic heterocycles. The van der Waals surface area contributed by atoms with Crippen molar-refractivity contribution in [2.75, 3.05) is 12.4 Å². The Kier molecular flexibility index (Phi) is 5.39. The summed E-state index contributed by atoms with van der Waals surface area (Å²) in [7, 11) is -3.58. The van der Waals surface area contributed by atoms with E-state index in [0.717, 1.165) is 10.0 Å². The molecular weight excluding hydrogens is 354 g/mol. The summed E-state index contributed by atoms with van der Waals surface area (Å²) in [5.41, 5.74) is 0.888. The summed E-state index contributed by atoms with van der Waals surface area (Å²) < 4.78 is 29.4. The standard InChI is InChI=1S/C15H16BrNO3S/c16-14-8-4-5-9-15(14)20-10-13(11-21(17,18)19)12-6-2-1-3-7-12/h1-9,13H,10-11H2,(H2,17,18,19). The van der Waals surface area contributed by atoms with Crippen LogP contribution < -0.4 is 9.88 Å². The van der Waals surface area contributed by atoms with Crippen molar-refractivity contribution in [3.05, 3.63) is 64.6 Å². The number of para-hydroxylation sites is 1. The van der Waals surface area contributed by atoms with Gasteiger partial charge in [-0.15, -0.1) is 0 Å². The summed E-state index contributed by atoms with van der Waals surface area (Å²) in [4.78, 5) is 0. The average molecular weight is 370 g/mol. The maximum Gasteiger partial charge on any atom is 0.209 e. The minimum Gasteiger partial charge on any atom is -0.492 e. The van der Waals surface area contributed by atoms with E-state index in [0.29, 0.717) is 5.75 Å². The zero-order chi connectivity index (χ0) is 15.3. The number of hydrogen-bond acceptors (Lipinski definition) is 3. The average Bonchev–Trinajstić information content (AvgIpc) is 2.45. The van der Waals surface area contributed by atoms with Crippen LogP contribution in [0.1, 0.15) is 11.5 Å². The Labute approximate surface area is 133 Å². The lowest BCUT2D eigenvalue weighted by Gasteiger charge is -2.17. The van der Waals surface area contributed by atoms with Crippen molar-refractivity contribution < 1.29 is 13.2 Å². The number of ether oxygens (including phenoxy) is 1. The third-order valence-electron chi connectivity index (χ3n) is 2.98. The Morgan fingerprint density at radius 3 is 2.29 bits per heavy atom. The van der Waals surface area contributed by atoms with Crippen LogP contribution in [0.2, 0.25) is 0 Å². The Hall–Kier alpha value is -1.37. The normalized spacial score (nSPS) is 12.9. The Morgan fingerprint density at radius 2 is 1.67 bits per heavy atom. The summed E-state index contributed by atoms with van der Waals surface area (Å²) in [6.07, 6.45) is 0. The molecule has 2 rings (SSSR count). The molecule has 0 spiro atoms. The van der Waals surface area contributed by atoms with E-state index in [2.05, 4.69) is 15.9 Å². The van der Waals surface area contributed by atoms with Crippen LogP contribution in [0.15, 0.2) is 59.1 Å². The second-order valence-electron chi connectivity index (χ2n) is 4.68. The second kappa shape index (κ2) is 7.06. The summed E-state index contributed by atoms with van der Waals surface area (Å²) in [5.74, 6) is 0.211. The first-order valence-corrected chi connectivity index (χ1v) is 8.89. The summed E-state index contributed by atoms with van der Waals surface area (Å²) >= 11 is 3.40. The van der Waals surface area contributed by atoms with E-state index in [1.165, 1.54) is 0 Å². The van der Waals surface area contributed by atoms with E-state index < -0.39 is 10.0 Å². The molecule has 0 aliphatic carbocycles. The summed E-state index contributed by atoms with van der Waals surface area (Å²) in [6, 6.07) is 16.8. The minimum absolute atomic E-state index is 0.151. The smallest absolute Gasteiger partial charge is 0.209 e. The molecule has 0 saturated heterocycles. The second-order valence-corrected chi connectivity index (χ2v) is 7.19. The molecule has 6 heteroatoms. The van der Waals surface area contributed by atoms with Gasteiger partial charge in [-0.3, -0.25) is 0 Å².